The molecule has 6 aromatic rings. The molecule has 0 atom stereocenters. The maximum absolute atomic E-state index is 6.40. The van der Waals surface area contributed by atoms with Gasteiger partial charge >= 0.3 is 0 Å². The third kappa shape index (κ3) is 6.81. The van der Waals surface area contributed by atoms with Gasteiger partial charge in [0.1, 0.15) is 5.58 Å². The number of fused-ring (bicyclic) bond motifs is 3. The summed E-state index contributed by atoms with van der Waals surface area (Å²) in [5.74, 6) is 0.610. The van der Waals surface area contributed by atoms with Gasteiger partial charge in [0.05, 0.1) is 5.58 Å². The molecule has 42 heavy (non-hydrogen) atoms. The van der Waals surface area contributed by atoms with Crippen LogP contribution in [0.2, 0.25) is 19.6 Å². The van der Waals surface area contributed by atoms with Gasteiger partial charge in [-0.1, -0.05) is 85.4 Å². The minimum absolute atomic E-state index is 0. The van der Waals surface area contributed by atoms with Gasteiger partial charge < -0.3 is 14.4 Å². The monoisotopic (exact) mass is 747 g/mol. The fourth-order valence-electron chi connectivity index (χ4n) is 5.26. The molecule has 0 aliphatic carbocycles. The van der Waals surface area contributed by atoms with Crippen molar-refractivity contribution >= 4 is 35.2 Å². The molecule has 6 rings (SSSR count). The number of para-hydroxylation sites is 1. The van der Waals surface area contributed by atoms with Crippen LogP contribution in [0.15, 0.2) is 89.6 Å². The van der Waals surface area contributed by atoms with Crippen LogP contribution in [-0.4, -0.2) is 18.0 Å². The van der Waals surface area contributed by atoms with Crippen molar-refractivity contribution in [3.05, 3.63) is 114 Å². The molecule has 0 saturated carbocycles. The number of aromatic nitrogens is 2. The van der Waals surface area contributed by atoms with E-state index in [0.29, 0.717) is 5.92 Å². The zero-order valence-corrected chi connectivity index (χ0v) is 28.9. The molecule has 0 aliphatic heterocycles. The molecular formula is C37H38IrN2OSi-2. The van der Waals surface area contributed by atoms with E-state index in [1.165, 1.54) is 32.6 Å². The number of rotatable bonds is 5. The zero-order chi connectivity index (χ0) is 29.1. The maximum atomic E-state index is 6.40. The predicted octanol–water partition coefficient (Wildman–Crippen LogP) is 9.36. The van der Waals surface area contributed by atoms with Crippen LogP contribution < -0.4 is 5.19 Å². The van der Waals surface area contributed by atoms with Crippen LogP contribution in [0, 0.1) is 31.9 Å². The van der Waals surface area contributed by atoms with Crippen LogP contribution >= 0.6 is 0 Å². The first-order valence-electron chi connectivity index (χ1n) is 14.3. The summed E-state index contributed by atoms with van der Waals surface area (Å²) in [5.41, 5.74) is 9.68. The summed E-state index contributed by atoms with van der Waals surface area (Å²) >= 11 is 0. The third-order valence-corrected chi connectivity index (χ3v) is 9.35. The first-order chi connectivity index (χ1) is 19.6. The van der Waals surface area contributed by atoms with E-state index in [1.54, 1.807) is 0 Å². The Hall–Kier alpha value is -3.37. The minimum Gasteiger partial charge on any atom is -0.501 e. The number of hydrogen-bond acceptors (Lipinski definition) is 3. The molecule has 0 N–H and O–H groups in total. The molecule has 0 unspecified atom stereocenters. The minimum atomic E-state index is -1.56. The van der Waals surface area contributed by atoms with Crippen LogP contribution in [0.25, 0.3) is 44.5 Å². The Labute approximate surface area is 264 Å². The van der Waals surface area contributed by atoms with Gasteiger partial charge in [0, 0.05) is 46.0 Å². The molecule has 3 heterocycles. The van der Waals surface area contributed by atoms with Crippen molar-refractivity contribution in [1.82, 2.24) is 9.97 Å². The van der Waals surface area contributed by atoms with E-state index in [4.69, 9.17) is 9.40 Å². The Balaban J connectivity index is 0.000000243. The van der Waals surface area contributed by atoms with Gasteiger partial charge in [0.2, 0.25) is 0 Å². The van der Waals surface area contributed by atoms with Crippen molar-refractivity contribution in [2.24, 2.45) is 5.92 Å². The van der Waals surface area contributed by atoms with Gasteiger partial charge in [-0.05, 0) is 55.8 Å². The first-order valence-corrected chi connectivity index (χ1v) is 17.8. The summed E-state index contributed by atoms with van der Waals surface area (Å²) in [6.45, 7) is 15.9. The fraction of sp³-hybridized carbons (Fsp3) is 0.243. The molecule has 0 amide bonds. The Morgan fingerprint density at radius 3 is 2.31 bits per heavy atom. The normalized spacial score (nSPS) is 11.3. The van der Waals surface area contributed by atoms with Crippen molar-refractivity contribution in [3.63, 3.8) is 0 Å². The second-order valence-electron chi connectivity index (χ2n) is 12.2. The van der Waals surface area contributed by atoms with Crippen LogP contribution in [0.3, 0.4) is 0 Å². The van der Waals surface area contributed by atoms with Gasteiger partial charge in [0.25, 0.3) is 0 Å². The Morgan fingerprint density at radius 1 is 0.881 bits per heavy atom. The van der Waals surface area contributed by atoms with Crippen LogP contribution in [-0.2, 0) is 26.5 Å². The van der Waals surface area contributed by atoms with Gasteiger partial charge in [-0.3, -0.25) is 0 Å². The predicted molar refractivity (Wildman–Crippen MR) is 175 cm³/mol. The number of pyridine rings is 2. The summed E-state index contributed by atoms with van der Waals surface area (Å²) in [5, 5.41) is 3.84. The Morgan fingerprint density at radius 2 is 1.62 bits per heavy atom. The summed E-state index contributed by atoms with van der Waals surface area (Å²) in [6, 6.07) is 31.3. The van der Waals surface area contributed by atoms with E-state index in [-0.39, 0.29) is 20.1 Å². The average molecular weight is 747 g/mol. The first kappa shape index (κ1) is 31.6. The smallest absolute Gasteiger partial charge is 0.120 e. The largest absolute Gasteiger partial charge is 0.501 e. The molecule has 3 nitrogen and oxygen atoms in total. The van der Waals surface area contributed by atoms with E-state index >= 15 is 0 Å². The van der Waals surface area contributed by atoms with E-state index in [0.717, 1.165) is 40.1 Å². The number of aryl methyl sites for hydroxylation is 1. The average Bonchev–Trinajstić information content (AvgIpc) is 3.34. The summed E-state index contributed by atoms with van der Waals surface area (Å²) in [4.78, 5) is 9.03. The van der Waals surface area contributed by atoms with E-state index in [9.17, 15) is 0 Å². The van der Waals surface area contributed by atoms with Gasteiger partial charge in [-0.2, -0.15) is 0 Å². The van der Waals surface area contributed by atoms with E-state index in [2.05, 4.69) is 101 Å². The number of benzene rings is 3. The SMILES string of the molecule is Cc1c(CC(C)C)ccnc1-c1[c-]cc([Si](C)(C)C)c2c1oc1ccccc12.Cc1ccnc(-c2[c-]cccc2)c1.[Ir]. The van der Waals surface area contributed by atoms with Crippen LogP contribution in [0.1, 0.15) is 30.5 Å². The molecule has 5 heteroatoms. The molecule has 0 saturated heterocycles. The van der Waals surface area contributed by atoms with Crippen molar-refractivity contribution in [2.45, 2.75) is 53.8 Å². The molecule has 217 valence electrons. The molecule has 3 aromatic heterocycles. The molecule has 1 radical (unpaired) electrons. The molecule has 0 aliphatic rings. The van der Waals surface area contributed by atoms with E-state index < -0.39 is 8.07 Å². The Bertz CT molecular complexity index is 1800. The zero-order valence-electron chi connectivity index (χ0n) is 25.5. The van der Waals surface area contributed by atoms with E-state index in [1.807, 2.05) is 48.8 Å². The van der Waals surface area contributed by atoms with Crippen molar-refractivity contribution in [2.75, 3.05) is 0 Å². The molecular weight excluding hydrogens is 709 g/mol. The second-order valence-corrected chi connectivity index (χ2v) is 17.2. The van der Waals surface area contributed by atoms with Crippen LogP contribution in [0.5, 0.6) is 0 Å². The van der Waals surface area contributed by atoms with Crippen molar-refractivity contribution < 1.29 is 24.5 Å². The molecule has 0 fully saturated rings. The van der Waals surface area contributed by atoms with Gasteiger partial charge in [-0.15, -0.1) is 53.2 Å². The number of hydrogen-bond donors (Lipinski definition) is 0. The van der Waals surface area contributed by atoms with Gasteiger partial charge in [0.15, 0.2) is 0 Å². The molecule has 0 bridgehead atoms. The summed E-state index contributed by atoms with van der Waals surface area (Å²) < 4.78 is 6.40. The van der Waals surface area contributed by atoms with Crippen molar-refractivity contribution in [3.8, 4) is 22.5 Å². The summed E-state index contributed by atoms with van der Waals surface area (Å²) in [7, 11) is -1.56. The van der Waals surface area contributed by atoms with Crippen molar-refractivity contribution in [1.29, 1.82) is 0 Å². The number of furan rings is 1. The fourth-order valence-corrected chi connectivity index (χ4v) is 6.77. The van der Waals surface area contributed by atoms with Crippen LogP contribution in [0.4, 0.5) is 0 Å². The maximum Gasteiger partial charge on any atom is 0.120 e. The number of nitrogens with zero attached hydrogens (tertiary/aromatic N) is 2. The topological polar surface area (TPSA) is 38.9 Å². The quantitative estimate of drug-likeness (QED) is 0.130. The van der Waals surface area contributed by atoms with Gasteiger partial charge in [-0.25, -0.2) is 0 Å². The second kappa shape index (κ2) is 13.3. The Kier molecular flexibility index (Phi) is 9.99. The third-order valence-electron chi connectivity index (χ3n) is 7.34. The molecule has 0 spiro atoms. The summed E-state index contributed by atoms with van der Waals surface area (Å²) in [6.07, 6.45) is 4.80. The molecule has 3 aromatic carbocycles. The standard InChI is InChI=1S/C25H28NOSi.C12H10N.Ir/c1-16(2)15-18-13-14-26-24(17(18)3)20-11-12-22(28(4,5)6)23-19-9-7-8-10-21(19)27-25(20)23;1-10-7-8-13-12(9-10)11-5-3-2-4-6-11;/h7-10,12-14,16H,15H2,1-6H3;2-5,7-9H,1H3;/q2*-1;.